The summed E-state index contributed by atoms with van der Waals surface area (Å²) >= 11 is 0. The third kappa shape index (κ3) is 2.97. The molecular weight excluding hydrogens is 657 g/mol. The Labute approximate surface area is 313 Å². The van der Waals surface area contributed by atoms with Crippen LogP contribution in [0.5, 0.6) is 0 Å². The van der Waals surface area contributed by atoms with E-state index >= 15 is 9.59 Å². The minimum absolute atomic E-state index is 0.148. The van der Waals surface area contributed by atoms with Crippen molar-refractivity contribution in [1.29, 1.82) is 0 Å². The Hall–Kier alpha value is -6.64. The molecule has 0 amide bonds. The highest BCUT2D eigenvalue weighted by molar-refractivity contribution is 6.25. The zero-order chi connectivity index (χ0) is 35.9. The molecule has 4 unspecified atom stereocenters. The summed E-state index contributed by atoms with van der Waals surface area (Å²) < 4.78 is 0. The molecule has 0 saturated carbocycles. The van der Waals surface area contributed by atoms with E-state index < -0.39 is 21.7 Å². The van der Waals surface area contributed by atoms with Gasteiger partial charge in [0.05, 0.1) is 0 Å². The van der Waals surface area contributed by atoms with E-state index in [0.717, 1.165) is 77.5 Å². The molecule has 4 atom stereocenters. The van der Waals surface area contributed by atoms with Crippen molar-refractivity contribution in [2.24, 2.45) is 0 Å². The molecule has 8 aromatic rings. The van der Waals surface area contributed by atoms with E-state index in [1.807, 2.05) is 72.8 Å². The van der Waals surface area contributed by atoms with E-state index in [1.165, 1.54) is 0 Å². The lowest BCUT2D eigenvalue weighted by Crippen LogP contribution is -2.37. The number of rotatable bonds is 4. The van der Waals surface area contributed by atoms with Gasteiger partial charge in [0.25, 0.3) is 0 Å². The monoisotopic (exact) mass is 688 g/mol. The maximum absolute atomic E-state index is 16.3. The van der Waals surface area contributed by atoms with Crippen molar-refractivity contribution in [3.8, 4) is 0 Å². The van der Waals surface area contributed by atoms with Gasteiger partial charge in [-0.25, -0.2) is 0 Å². The highest BCUT2D eigenvalue weighted by Crippen LogP contribution is 2.71. The topological polar surface area (TPSA) is 34.1 Å². The Bertz CT molecular complexity index is 2720. The molecule has 54 heavy (non-hydrogen) atoms. The van der Waals surface area contributed by atoms with Gasteiger partial charge in [0, 0.05) is 0 Å². The third-order valence-corrected chi connectivity index (χ3v) is 13.4. The predicted molar refractivity (Wildman–Crippen MR) is 212 cm³/mol. The highest BCUT2D eigenvalue weighted by atomic mass is 16.1. The van der Waals surface area contributed by atoms with Crippen LogP contribution in [0.4, 0.5) is 0 Å². The second kappa shape index (κ2) is 10.1. The van der Waals surface area contributed by atoms with Crippen LogP contribution < -0.4 is 0 Å². The molecule has 0 aromatic heterocycles. The van der Waals surface area contributed by atoms with Crippen LogP contribution in [-0.4, -0.2) is 11.6 Å². The summed E-state index contributed by atoms with van der Waals surface area (Å²) in [5.41, 5.74) is 7.66. The quantitative estimate of drug-likeness (QED) is 0.185. The molecule has 0 N–H and O–H groups in total. The van der Waals surface area contributed by atoms with Crippen LogP contribution in [0.1, 0.15) is 66.8 Å². The Kier molecular flexibility index (Phi) is 5.57. The van der Waals surface area contributed by atoms with Gasteiger partial charge in [-0.2, -0.15) is 0 Å². The van der Waals surface area contributed by atoms with Gasteiger partial charge in [-0.1, -0.05) is 194 Å². The van der Waals surface area contributed by atoms with Gasteiger partial charge in [0.2, 0.25) is 0 Å². The summed E-state index contributed by atoms with van der Waals surface area (Å²) in [5.74, 6) is 0.297. The van der Waals surface area contributed by atoms with E-state index in [1.54, 1.807) is 0 Å². The number of fused-ring (bicyclic) bond motifs is 19. The number of carbonyl (C=O) groups excluding carboxylic acids is 2. The first kappa shape index (κ1) is 29.9. The Morgan fingerprint density at radius 1 is 0.259 bits per heavy atom. The van der Waals surface area contributed by atoms with Gasteiger partial charge < -0.3 is 0 Å². The maximum atomic E-state index is 16.3. The van der Waals surface area contributed by atoms with Crippen molar-refractivity contribution in [2.45, 2.75) is 21.7 Å². The molecule has 0 heterocycles. The molecule has 2 heteroatoms. The molecule has 252 valence electrons. The molecule has 4 aliphatic rings. The number of hydrogen-bond acceptors (Lipinski definition) is 2. The fourth-order valence-electron chi connectivity index (χ4n) is 11.7. The smallest absolute Gasteiger partial charge is 0.171 e. The van der Waals surface area contributed by atoms with Crippen molar-refractivity contribution in [3.05, 3.63) is 261 Å². The molecule has 2 nitrogen and oxygen atoms in total. The second-order valence-corrected chi connectivity index (χ2v) is 15.3. The summed E-state index contributed by atoms with van der Waals surface area (Å²) in [6.07, 6.45) is 0. The Morgan fingerprint density at radius 2 is 0.537 bits per heavy atom. The zero-order valence-corrected chi connectivity index (χ0v) is 29.3. The molecule has 0 saturated heterocycles. The first-order valence-electron chi connectivity index (χ1n) is 18.8. The van der Waals surface area contributed by atoms with Crippen molar-refractivity contribution < 1.29 is 9.59 Å². The molecule has 12 rings (SSSR count). The van der Waals surface area contributed by atoms with Crippen LogP contribution in [0.15, 0.2) is 194 Å². The van der Waals surface area contributed by atoms with E-state index in [-0.39, 0.29) is 11.6 Å². The number of carbonyl (C=O) groups is 2. The molecule has 0 aliphatic heterocycles. The average Bonchev–Trinajstić information content (AvgIpc) is 3.82. The number of Topliss-reactive ketones (excluding diaryl/α,β-unsaturated/α-hetero) is 2. The molecule has 0 fully saturated rings. The lowest BCUT2D eigenvalue weighted by molar-refractivity contribution is -0.123. The third-order valence-electron chi connectivity index (χ3n) is 13.4. The molecule has 4 aliphatic carbocycles. The summed E-state index contributed by atoms with van der Waals surface area (Å²) in [6.45, 7) is 0. The Morgan fingerprint density at radius 3 is 0.870 bits per heavy atom. The average molecular weight is 689 g/mol. The van der Waals surface area contributed by atoms with Crippen molar-refractivity contribution in [2.75, 3.05) is 0 Å². The van der Waals surface area contributed by atoms with Crippen LogP contribution >= 0.6 is 0 Å². The highest BCUT2D eigenvalue weighted by Gasteiger charge is 2.73. The number of ketones is 2. The van der Waals surface area contributed by atoms with E-state index in [4.69, 9.17) is 0 Å². The van der Waals surface area contributed by atoms with Crippen molar-refractivity contribution >= 4 is 22.3 Å². The minimum Gasteiger partial charge on any atom is -0.296 e. The predicted octanol–water partition coefficient (Wildman–Crippen LogP) is 9.97. The van der Waals surface area contributed by atoms with E-state index in [9.17, 15) is 0 Å². The second-order valence-electron chi connectivity index (χ2n) is 15.3. The lowest BCUT2D eigenvalue weighted by atomic mass is 9.63. The number of benzene rings is 8. The van der Waals surface area contributed by atoms with E-state index in [0.29, 0.717) is 0 Å². The Balaban J connectivity index is 1.35. The fourth-order valence-corrected chi connectivity index (χ4v) is 11.7. The normalized spacial score (nSPS) is 25.0. The maximum Gasteiger partial charge on any atom is 0.171 e. The summed E-state index contributed by atoms with van der Waals surface area (Å²) in [4.78, 5) is 32.5. The molecular formula is C52H32O2. The SMILES string of the molecule is O=C1C2(c3ccccc3)c3ccccc3C1(c1ccccc1)c1c2ccc2ccc3c(c12)C1(c2ccccc2)C(=O)C3(c2ccccc2)c2ccccc21. The molecule has 8 aromatic carbocycles. The first-order chi connectivity index (χ1) is 26.6. The van der Waals surface area contributed by atoms with Gasteiger partial charge in [0.15, 0.2) is 11.6 Å². The molecule has 0 spiro atoms. The van der Waals surface area contributed by atoms with Gasteiger partial charge in [-0.05, 0) is 77.5 Å². The van der Waals surface area contributed by atoms with Gasteiger partial charge >= 0.3 is 0 Å². The standard InChI is InChI=1S/C52H32O2/c53-47-49(34-17-5-1-6-18-34)38-25-13-15-27-40(38)51(47,36-21-9-3-10-22-36)45-42(49)31-29-33-30-32-43-46(44(33)45)52(37-23-11-4-12-24-37)41-28-16-14-26-39(41)50(43,48(52)54)35-19-7-2-8-20-35/h1-32H. The van der Waals surface area contributed by atoms with Crippen LogP contribution in [-0.2, 0) is 31.2 Å². The van der Waals surface area contributed by atoms with Crippen LogP contribution in [0.3, 0.4) is 0 Å². The minimum atomic E-state index is -1.11. The zero-order valence-electron chi connectivity index (χ0n) is 29.3. The van der Waals surface area contributed by atoms with Crippen molar-refractivity contribution in [3.63, 3.8) is 0 Å². The summed E-state index contributed by atoms with van der Waals surface area (Å²) in [6, 6.07) is 67.1. The van der Waals surface area contributed by atoms with E-state index in [2.05, 4.69) is 121 Å². The van der Waals surface area contributed by atoms with Gasteiger partial charge in [-0.3, -0.25) is 9.59 Å². The van der Waals surface area contributed by atoms with Crippen LogP contribution in [0.2, 0.25) is 0 Å². The van der Waals surface area contributed by atoms with Gasteiger partial charge in [-0.15, -0.1) is 0 Å². The van der Waals surface area contributed by atoms with Crippen LogP contribution in [0, 0.1) is 0 Å². The number of hydrogen-bond donors (Lipinski definition) is 0. The summed E-state index contributed by atoms with van der Waals surface area (Å²) in [5, 5.41) is 2.04. The van der Waals surface area contributed by atoms with Crippen LogP contribution in [0.25, 0.3) is 10.8 Å². The van der Waals surface area contributed by atoms with Gasteiger partial charge in [0.1, 0.15) is 21.7 Å². The fraction of sp³-hybridized carbons (Fsp3) is 0.0769. The molecule has 0 radical (unpaired) electrons. The lowest BCUT2D eigenvalue weighted by Gasteiger charge is -2.37. The first-order valence-corrected chi connectivity index (χ1v) is 18.8. The van der Waals surface area contributed by atoms with Crippen molar-refractivity contribution in [1.82, 2.24) is 0 Å². The molecule has 4 bridgehead atoms. The largest absolute Gasteiger partial charge is 0.296 e. The summed E-state index contributed by atoms with van der Waals surface area (Å²) in [7, 11) is 0.